The van der Waals surface area contributed by atoms with Crippen molar-refractivity contribution in [2.75, 3.05) is 6.54 Å². The molecule has 0 saturated carbocycles. The number of carboxylic acids is 1. The largest absolute Gasteiger partial charge is 0.480 e. The fourth-order valence-corrected chi connectivity index (χ4v) is 1.17. The topological polar surface area (TPSA) is 60.8 Å². The first kappa shape index (κ1) is 12.0. The number of rotatable bonds is 1. The molecule has 1 saturated heterocycles. The van der Waals surface area contributed by atoms with Crippen molar-refractivity contribution in [2.45, 2.75) is 25.3 Å². The smallest absolute Gasteiger partial charge is 0.323 e. The van der Waals surface area contributed by atoms with Crippen LogP contribution in [0.4, 0.5) is 0 Å². The van der Waals surface area contributed by atoms with E-state index in [2.05, 4.69) is 0 Å². The van der Waals surface area contributed by atoms with Crippen molar-refractivity contribution >= 4 is 57.4 Å². The van der Waals surface area contributed by atoms with Crippen LogP contribution in [0, 0.1) is 0 Å². The van der Waals surface area contributed by atoms with E-state index in [1.54, 1.807) is 0 Å². The Morgan fingerprint density at radius 3 is 2.45 bits per heavy atom. The molecular formula is C6H11KNO3. The van der Waals surface area contributed by atoms with Gasteiger partial charge in [-0.3, -0.25) is 4.79 Å². The first-order chi connectivity index (χ1) is 4.72. The predicted octanol–water partition coefficient (Wildman–Crippen LogP) is -0.0661. The van der Waals surface area contributed by atoms with E-state index in [4.69, 9.17) is 10.3 Å². The summed E-state index contributed by atoms with van der Waals surface area (Å²) in [6.07, 6.45) is 2.35. The minimum absolute atomic E-state index is 0. The van der Waals surface area contributed by atoms with Gasteiger partial charge in [0, 0.05) is 57.9 Å². The van der Waals surface area contributed by atoms with E-state index >= 15 is 0 Å². The Kier molecular flexibility index (Phi) is 6.16. The van der Waals surface area contributed by atoms with Gasteiger partial charge < -0.3 is 10.3 Å². The third-order valence-electron chi connectivity index (χ3n) is 1.76. The van der Waals surface area contributed by atoms with Crippen LogP contribution in [0.3, 0.4) is 0 Å². The molecule has 1 unspecified atom stereocenters. The number of hydroxylamine groups is 2. The van der Waals surface area contributed by atoms with Gasteiger partial charge in [-0.1, -0.05) is 0 Å². The van der Waals surface area contributed by atoms with Gasteiger partial charge in [0.25, 0.3) is 0 Å². The fourth-order valence-electron chi connectivity index (χ4n) is 1.17. The molecule has 1 fully saturated rings. The summed E-state index contributed by atoms with van der Waals surface area (Å²) in [4.78, 5) is 10.4. The maximum absolute atomic E-state index is 10.4. The van der Waals surface area contributed by atoms with Gasteiger partial charge in [0.1, 0.15) is 6.04 Å². The zero-order valence-electron chi connectivity index (χ0n) is 6.66. The molecule has 0 spiro atoms. The monoisotopic (exact) mass is 184 g/mol. The van der Waals surface area contributed by atoms with E-state index in [0.717, 1.165) is 17.9 Å². The number of carbonyl (C=O) groups is 1. The fraction of sp³-hybridized carbons (Fsp3) is 0.833. The minimum Gasteiger partial charge on any atom is -0.480 e. The van der Waals surface area contributed by atoms with E-state index in [0.29, 0.717) is 13.0 Å². The first-order valence-corrected chi connectivity index (χ1v) is 3.40. The molecule has 1 atom stereocenters. The Morgan fingerprint density at radius 2 is 2.09 bits per heavy atom. The number of hydrogen-bond donors (Lipinski definition) is 2. The molecule has 4 nitrogen and oxygen atoms in total. The molecule has 5 heteroatoms. The van der Waals surface area contributed by atoms with Crippen molar-refractivity contribution in [1.82, 2.24) is 5.06 Å². The van der Waals surface area contributed by atoms with Crippen molar-refractivity contribution in [3.8, 4) is 0 Å². The summed E-state index contributed by atoms with van der Waals surface area (Å²) < 4.78 is 0. The van der Waals surface area contributed by atoms with Crippen LogP contribution < -0.4 is 0 Å². The Morgan fingerprint density at radius 1 is 1.45 bits per heavy atom. The molecule has 0 bridgehead atoms. The molecule has 0 amide bonds. The molecule has 59 valence electrons. The second-order valence-electron chi connectivity index (χ2n) is 2.51. The summed E-state index contributed by atoms with van der Waals surface area (Å²) in [5.74, 6) is -0.929. The van der Waals surface area contributed by atoms with Crippen molar-refractivity contribution in [3.05, 3.63) is 0 Å². The summed E-state index contributed by atoms with van der Waals surface area (Å²) >= 11 is 0. The Labute approximate surface area is 108 Å². The third-order valence-corrected chi connectivity index (χ3v) is 1.76. The van der Waals surface area contributed by atoms with Crippen LogP contribution in [0.2, 0.25) is 0 Å². The van der Waals surface area contributed by atoms with Gasteiger partial charge in [0.2, 0.25) is 0 Å². The van der Waals surface area contributed by atoms with Gasteiger partial charge in [-0.15, -0.1) is 0 Å². The minimum atomic E-state index is -0.929. The van der Waals surface area contributed by atoms with E-state index in [9.17, 15) is 4.79 Å². The predicted molar refractivity (Wildman–Crippen MR) is 39.5 cm³/mol. The summed E-state index contributed by atoms with van der Waals surface area (Å²) in [6.45, 7) is 0.483. The van der Waals surface area contributed by atoms with Gasteiger partial charge in [-0.2, -0.15) is 5.06 Å². The van der Waals surface area contributed by atoms with Crippen LogP contribution >= 0.6 is 0 Å². The van der Waals surface area contributed by atoms with E-state index in [1.807, 2.05) is 0 Å². The second kappa shape index (κ2) is 5.63. The third kappa shape index (κ3) is 3.50. The van der Waals surface area contributed by atoms with Crippen molar-refractivity contribution in [2.24, 2.45) is 0 Å². The maximum atomic E-state index is 10.4. The zero-order valence-corrected chi connectivity index (χ0v) is 9.78. The zero-order chi connectivity index (χ0) is 7.56. The first-order valence-electron chi connectivity index (χ1n) is 3.40. The molecule has 11 heavy (non-hydrogen) atoms. The van der Waals surface area contributed by atoms with E-state index < -0.39 is 12.0 Å². The van der Waals surface area contributed by atoms with Crippen molar-refractivity contribution in [1.29, 1.82) is 0 Å². The Balaban J connectivity index is 0.000001000. The van der Waals surface area contributed by atoms with Crippen LogP contribution in [0.1, 0.15) is 19.3 Å². The molecule has 0 aliphatic carbocycles. The second-order valence-corrected chi connectivity index (χ2v) is 2.51. The average Bonchev–Trinajstić information content (AvgIpc) is 1.88. The van der Waals surface area contributed by atoms with Crippen LogP contribution in [-0.2, 0) is 4.79 Å². The number of carboxylic acid groups (broad SMARTS) is 1. The number of aliphatic carboxylic acids is 1. The van der Waals surface area contributed by atoms with Gasteiger partial charge >= 0.3 is 5.97 Å². The molecule has 1 radical (unpaired) electrons. The quantitative estimate of drug-likeness (QED) is 0.560. The molecule has 1 heterocycles. The molecule has 1 aliphatic heterocycles. The normalized spacial score (nSPS) is 25.7. The van der Waals surface area contributed by atoms with Crippen LogP contribution in [0.15, 0.2) is 0 Å². The molecule has 0 aromatic heterocycles. The maximum Gasteiger partial charge on any atom is 0.323 e. The molecule has 2 N–H and O–H groups in total. The van der Waals surface area contributed by atoms with Gasteiger partial charge in [0.05, 0.1) is 0 Å². The Bertz CT molecular complexity index is 142. The van der Waals surface area contributed by atoms with Gasteiger partial charge in [0.15, 0.2) is 0 Å². The van der Waals surface area contributed by atoms with Crippen LogP contribution in [0.5, 0.6) is 0 Å². The molecule has 0 aromatic rings. The molecule has 1 aliphatic rings. The van der Waals surface area contributed by atoms with Crippen molar-refractivity contribution in [3.63, 3.8) is 0 Å². The Hall–Kier alpha value is 1.03. The molecular weight excluding hydrogens is 173 g/mol. The van der Waals surface area contributed by atoms with E-state index in [1.165, 1.54) is 0 Å². The molecule has 0 aromatic carbocycles. The van der Waals surface area contributed by atoms with E-state index in [-0.39, 0.29) is 51.4 Å². The van der Waals surface area contributed by atoms with Crippen LogP contribution in [-0.4, -0.2) is 85.3 Å². The summed E-state index contributed by atoms with van der Waals surface area (Å²) in [7, 11) is 0. The van der Waals surface area contributed by atoms with Gasteiger partial charge in [-0.05, 0) is 19.3 Å². The molecule has 1 rings (SSSR count). The number of nitrogens with zero attached hydrogens (tertiary/aromatic N) is 1. The number of hydrogen-bond acceptors (Lipinski definition) is 3. The average molecular weight is 184 g/mol. The van der Waals surface area contributed by atoms with Gasteiger partial charge in [-0.25, -0.2) is 0 Å². The summed E-state index contributed by atoms with van der Waals surface area (Å²) in [5.41, 5.74) is 0. The number of piperidine rings is 1. The summed E-state index contributed by atoms with van der Waals surface area (Å²) in [5, 5.41) is 18.4. The standard InChI is InChI=1S/C6H11NO3.K/c8-6(9)5-3-1-2-4-7(5)10;/h5,10H,1-4H2,(H,8,9);. The van der Waals surface area contributed by atoms with Crippen molar-refractivity contribution < 1.29 is 15.1 Å². The SMILES string of the molecule is O=C(O)C1CCCCN1O.[K]. The van der Waals surface area contributed by atoms with Crippen LogP contribution in [0.25, 0.3) is 0 Å². The summed E-state index contributed by atoms with van der Waals surface area (Å²) in [6, 6.07) is -0.672.